The normalized spacial score (nSPS) is 11.4. The Bertz CT molecular complexity index is 579. The monoisotopic (exact) mass is 290 g/mol. The molecule has 3 nitrogen and oxygen atoms in total. The Balaban J connectivity index is 2.06. The Kier molecular flexibility index (Phi) is 4.63. The highest BCUT2D eigenvalue weighted by Gasteiger charge is 2.09. The summed E-state index contributed by atoms with van der Waals surface area (Å²) in [5.74, 6) is 1.26. The number of halogens is 1. The molecule has 20 heavy (non-hydrogen) atoms. The van der Waals surface area contributed by atoms with Crippen molar-refractivity contribution in [1.82, 2.24) is 10.3 Å². The van der Waals surface area contributed by atoms with Gasteiger partial charge in [-0.2, -0.15) is 0 Å². The van der Waals surface area contributed by atoms with Crippen LogP contribution in [0.5, 0.6) is 11.6 Å². The lowest BCUT2D eigenvalue weighted by molar-refractivity contribution is 0.422. The standard InChI is InChI=1S/C16H19ClN2O/c1-16(2,3)19-11-12-7-8-18-15(9-12)20-14-6-4-5-13(17)10-14/h4-10,19H,11H2,1-3H3. The number of aromatic nitrogens is 1. The van der Waals surface area contributed by atoms with Gasteiger partial charge in [0.1, 0.15) is 5.75 Å². The van der Waals surface area contributed by atoms with Crippen LogP contribution in [-0.2, 0) is 6.54 Å². The molecule has 0 aliphatic heterocycles. The topological polar surface area (TPSA) is 34.2 Å². The van der Waals surface area contributed by atoms with Crippen molar-refractivity contribution in [2.24, 2.45) is 0 Å². The van der Waals surface area contributed by atoms with Crippen molar-refractivity contribution < 1.29 is 4.74 Å². The maximum Gasteiger partial charge on any atom is 0.219 e. The fourth-order valence-corrected chi connectivity index (χ4v) is 1.81. The Hall–Kier alpha value is -1.58. The molecule has 2 rings (SSSR count). The second-order valence-electron chi connectivity index (χ2n) is 5.67. The van der Waals surface area contributed by atoms with Gasteiger partial charge in [-0.3, -0.25) is 0 Å². The summed E-state index contributed by atoms with van der Waals surface area (Å²) >= 11 is 5.93. The van der Waals surface area contributed by atoms with E-state index in [9.17, 15) is 0 Å². The quantitative estimate of drug-likeness (QED) is 0.905. The second-order valence-corrected chi connectivity index (χ2v) is 6.10. The smallest absolute Gasteiger partial charge is 0.219 e. The van der Waals surface area contributed by atoms with Crippen LogP contribution in [0.25, 0.3) is 0 Å². The molecule has 0 saturated heterocycles. The van der Waals surface area contributed by atoms with Crippen molar-refractivity contribution in [1.29, 1.82) is 0 Å². The number of nitrogens with one attached hydrogen (secondary N) is 1. The summed E-state index contributed by atoms with van der Waals surface area (Å²) in [5.41, 5.74) is 1.21. The molecule has 1 N–H and O–H groups in total. The Morgan fingerprint density at radius 2 is 2.00 bits per heavy atom. The van der Waals surface area contributed by atoms with E-state index in [-0.39, 0.29) is 5.54 Å². The summed E-state index contributed by atoms with van der Waals surface area (Å²) in [6, 6.07) is 11.2. The van der Waals surface area contributed by atoms with Crippen molar-refractivity contribution in [3.63, 3.8) is 0 Å². The zero-order valence-electron chi connectivity index (χ0n) is 12.0. The SMILES string of the molecule is CC(C)(C)NCc1ccnc(Oc2cccc(Cl)c2)c1. The number of rotatable bonds is 4. The van der Waals surface area contributed by atoms with Gasteiger partial charge in [0, 0.05) is 29.4 Å². The average molecular weight is 291 g/mol. The molecular formula is C16H19ClN2O. The molecule has 0 saturated carbocycles. The summed E-state index contributed by atoms with van der Waals surface area (Å²) in [6.07, 6.45) is 1.75. The number of ether oxygens (including phenoxy) is 1. The van der Waals surface area contributed by atoms with Crippen LogP contribution >= 0.6 is 11.6 Å². The van der Waals surface area contributed by atoms with Gasteiger partial charge in [0.05, 0.1) is 0 Å². The van der Waals surface area contributed by atoms with E-state index in [0.717, 1.165) is 12.1 Å². The highest BCUT2D eigenvalue weighted by molar-refractivity contribution is 6.30. The van der Waals surface area contributed by atoms with E-state index in [4.69, 9.17) is 16.3 Å². The maximum absolute atomic E-state index is 5.93. The number of hydrogen-bond acceptors (Lipinski definition) is 3. The van der Waals surface area contributed by atoms with E-state index in [1.54, 1.807) is 12.3 Å². The van der Waals surface area contributed by atoms with E-state index in [1.807, 2.05) is 30.3 Å². The van der Waals surface area contributed by atoms with Gasteiger partial charge >= 0.3 is 0 Å². The first kappa shape index (κ1) is 14.8. The largest absolute Gasteiger partial charge is 0.439 e. The van der Waals surface area contributed by atoms with E-state index in [2.05, 4.69) is 31.1 Å². The molecule has 0 aliphatic rings. The second kappa shape index (κ2) is 6.25. The third-order valence-corrected chi connectivity index (χ3v) is 2.88. The molecule has 1 aromatic heterocycles. The van der Waals surface area contributed by atoms with Crippen LogP contribution in [-0.4, -0.2) is 10.5 Å². The minimum absolute atomic E-state index is 0.0806. The lowest BCUT2D eigenvalue weighted by Crippen LogP contribution is -2.35. The third kappa shape index (κ3) is 4.83. The van der Waals surface area contributed by atoms with Crippen molar-refractivity contribution >= 4 is 11.6 Å². The predicted octanol–water partition coefficient (Wildman–Crippen LogP) is 4.42. The number of hydrogen-bond donors (Lipinski definition) is 1. The summed E-state index contributed by atoms with van der Waals surface area (Å²) in [7, 11) is 0. The lowest BCUT2D eigenvalue weighted by atomic mass is 10.1. The summed E-state index contributed by atoms with van der Waals surface area (Å²) in [6.45, 7) is 7.19. The molecular weight excluding hydrogens is 272 g/mol. The molecule has 0 radical (unpaired) electrons. The van der Waals surface area contributed by atoms with Crippen LogP contribution in [0.15, 0.2) is 42.6 Å². The molecule has 0 bridgehead atoms. The van der Waals surface area contributed by atoms with Gasteiger partial charge in [-0.25, -0.2) is 4.98 Å². The fourth-order valence-electron chi connectivity index (χ4n) is 1.63. The maximum atomic E-state index is 5.93. The Morgan fingerprint density at radius 3 is 2.70 bits per heavy atom. The molecule has 1 aromatic carbocycles. The number of benzene rings is 1. The molecule has 4 heteroatoms. The number of pyridine rings is 1. The van der Waals surface area contributed by atoms with Gasteiger partial charge < -0.3 is 10.1 Å². The molecule has 0 amide bonds. The first-order valence-electron chi connectivity index (χ1n) is 6.56. The van der Waals surface area contributed by atoms with E-state index < -0.39 is 0 Å². The van der Waals surface area contributed by atoms with Gasteiger partial charge in [-0.1, -0.05) is 17.7 Å². The first-order valence-corrected chi connectivity index (χ1v) is 6.93. The lowest BCUT2D eigenvalue weighted by Gasteiger charge is -2.20. The van der Waals surface area contributed by atoms with Crippen LogP contribution in [0.1, 0.15) is 26.3 Å². The fraction of sp³-hybridized carbons (Fsp3) is 0.312. The van der Waals surface area contributed by atoms with Crippen LogP contribution in [0, 0.1) is 0 Å². The van der Waals surface area contributed by atoms with Crippen LogP contribution in [0.3, 0.4) is 0 Å². The van der Waals surface area contributed by atoms with Crippen molar-refractivity contribution in [3.05, 3.63) is 53.2 Å². The molecule has 106 valence electrons. The molecule has 0 fully saturated rings. The van der Waals surface area contributed by atoms with E-state index in [0.29, 0.717) is 16.7 Å². The van der Waals surface area contributed by atoms with Crippen molar-refractivity contribution in [2.75, 3.05) is 0 Å². The van der Waals surface area contributed by atoms with Gasteiger partial charge in [-0.05, 0) is 50.6 Å². The summed E-state index contributed by atoms with van der Waals surface area (Å²) in [5, 5.41) is 4.08. The Morgan fingerprint density at radius 1 is 1.20 bits per heavy atom. The summed E-state index contributed by atoms with van der Waals surface area (Å²) in [4.78, 5) is 4.22. The molecule has 1 heterocycles. The number of nitrogens with zero attached hydrogens (tertiary/aromatic N) is 1. The van der Waals surface area contributed by atoms with Crippen LogP contribution < -0.4 is 10.1 Å². The summed E-state index contributed by atoms with van der Waals surface area (Å²) < 4.78 is 5.71. The molecule has 0 atom stereocenters. The minimum Gasteiger partial charge on any atom is -0.439 e. The van der Waals surface area contributed by atoms with Gasteiger partial charge in [0.25, 0.3) is 0 Å². The van der Waals surface area contributed by atoms with Crippen LogP contribution in [0.4, 0.5) is 0 Å². The highest BCUT2D eigenvalue weighted by Crippen LogP contribution is 2.23. The minimum atomic E-state index is 0.0806. The van der Waals surface area contributed by atoms with E-state index >= 15 is 0 Å². The van der Waals surface area contributed by atoms with Crippen molar-refractivity contribution in [3.8, 4) is 11.6 Å². The Labute approximate surface area is 124 Å². The molecule has 2 aromatic rings. The first-order chi connectivity index (χ1) is 9.42. The van der Waals surface area contributed by atoms with Crippen molar-refractivity contribution in [2.45, 2.75) is 32.9 Å². The van der Waals surface area contributed by atoms with E-state index in [1.165, 1.54) is 0 Å². The predicted molar refractivity (Wildman–Crippen MR) is 82.4 cm³/mol. The average Bonchev–Trinajstić information content (AvgIpc) is 2.36. The van der Waals surface area contributed by atoms with Gasteiger partial charge in [0.15, 0.2) is 0 Å². The van der Waals surface area contributed by atoms with Gasteiger partial charge in [-0.15, -0.1) is 0 Å². The van der Waals surface area contributed by atoms with Crippen LogP contribution in [0.2, 0.25) is 5.02 Å². The third-order valence-electron chi connectivity index (χ3n) is 2.64. The molecule has 0 unspecified atom stereocenters. The van der Waals surface area contributed by atoms with Gasteiger partial charge in [0.2, 0.25) is 5.88 Å². The molecule has 0 aliphatic carbocycles. The zero-order chi connectivity index (χ0) is 14.6. The zero-order valence-corrected chi connectivity index (χ0v) is 12.7. The molecule has 0 spiro atoms. The highest BCUT2D eigenvalue weighted by atomic mass is 35.5.